The van der Waals surface area contributed by atoms with E-state index in [4.69, 9.17) is 85.3 Å². The van der Waals surface area contributed by atoms with E-state index < -0.39 is 158 Å². The Bertz CT molecular complexity index is 1970. The number of rotatable bonds is 25. The second-order valence-electron chi connectivity index (χ2n) is 23.4. The van der Waals surface area contributed by atoms with E-state index in [1.54, 1.807) is 27.7 Å². The van der Waals surface area contributed by atoms with Crippen LogP contribution in [0.4, 0.5) is 0 Å². The van der Waals surface area contributed by atoms with Gasteiger partial charge >= 0.3 is 23.9 Å². The van der Waals surface area contributed by atoms with Gasteiger partial charge in [-0.25, -0.2) is 0 Å². The quantitative estimate of drug-likeness (QED) is 0.0502. The molecule has 0 amide bonds. The maximum atomic E-state index is 12.5. The van der Waals surface area contributed by atoms with Crippen LogP contribution in [0.15, 0.2) is 0 Å². The van der Waals surface area contributed by atoms with Crippen molar-refractivity contribution >= 4 is 23.9 Å². The molecule has 0 radical (unpaired) electrons. The number of unbranched alkanes of at least 4 members (excludes halogenated alkanes) is 8. The van der Waals surface area contributed by atoms with Crippen LogP contribution in [0.1, 0.15) is 180 Å². The minimum absolute atomic E-state index is 0.0262. The lowest BCUT2D eigenvalue weighted by Gasteiger charge is -2.48. The van der Waals surface area contributed by atoms with Crippen molar-refractivity contribution in [2.75, 3.05) is 7.11 Å². The largest absolute Gasteiger partial charge is 0.469 e. The number of methoxy groups -OCH3 is 1. The van der Waals surface area contributed by atoms with Crippen LogP contribution >= 0.6 is 0 Å². The van der Waals surface area contributed by atoms with Gasteiger partial charge in [-0.3, -0.25) is 19.2 Å². The highest BCUT2D eigenvalue weighted by Gasteiger charge is 2.63. The van der Waals surface area contributed by atoms with Crippen molar-refractivity contribution in [3.8, 4) is 0 Å². The highest BCUT2D eigenvalue weighted by Crippen LogP contribution is 2.46. The molecule has 7 saturated heterocycles. The summed E-state index contributed by atoms with van der Waals surface area (Å²) in [5.74, 6) is -5.37. The molecular formula is C56H92O22. The molecule has 0 bridgehead atoms. The smallest absolute Gasteiger partial charge is 0.305 e. The molecule has 448 valence electrons. The van der Waals surface area contributed by atoms with Crippen molar-refractivity contribution in [3.05, 3.63) is 0 Å². The summed E-state index contributed by atoms with van der Waals surface area (Å²) in [6, 6.07) is 0. The predicted molar refractivity (Wildman–Crippen MR) is 273 cm³/mol. The molecule has 22 nitrogen and oxygen atoms in total. The Morgan fingerprint density at radius 1 is 0.423 bits per heavy atom. The van der Waals surface area contributed by atoms with E-state index in [0.717, 1.165) is 77.0 Å². The molecule has 0 aromatic carbocycles. The van der Waals surface area contributed by atoms with Gasteiger partial charge in [0.1, 0.15) is 54.9 Å². The Morgan fingerprint density at radius 2 is 0.769 bits per heavy atom. The maximum Gasteiger partial charge on any atom is 0.305 e. The summed E-state index contributed by atoms with van der Waals surface area (Å²) in [6.45, 7) is 24.0. The average Bonchev–Trinajstić information content (AvgIpc) is 3.98. The number of hydrogen-bond acceptors (Lipinski definition) is 22. The normalized spacial score (nSPS) is 39.8. The van der Waals surface area contributed by atoms with Gasteiger partial charge in [0.15, 0.2) is 60.8 Å². The van der Waals surface area contributed by atoms with Gasteiger partial charge in [0.05, 0.1) is 37.6 Å². The summed E-state index contributed by atoms with van der Waals surface area (Å²) in [7, 11) is 1.43. The fraction of sp³-hybridized carbons (Fsp3) is 0.929. The molecule has 0 aliphatic carbocycles. The summed E-state index contributed by atoms with van der Waals surface area (Å²) in [6.07, 6.45) is -4.44. The van der Waals surface area contributed by atoms with Crippen LogP contribution in [-0.2, 0) is 104 Å². The Kier molecular flexibility index (Phi) is 21.9. The Morgan fingerprint density at radius 3 is 1.22 bits per heavy atom. The number of carbonyl (C=O) groups excluding carboxylic acids is 4. The summed E-state index contributed by atoms with van der Waals surface area (Å²) in [4.78, 5) is 48.5. The first-order valence-corrected chi connectivity index (χ1v) is 28.7. The van der Waals surface area contributed by atoms with Gasteiger partial charge in [0, 0.05) is 27.2 Å². The lowest BCUT2D eigenvalue weighted by molar-refractivity contribution is -0.365. The zero-order chi connectivity index (χ0) is 56.9. The molecule has 0 unspecified atom stereocenters. The fourth-order valence-electron chi connectivity index (χ4n) is 11.9. The summed E-state index contributed by atoms with van der Waals surface area (Å²) in [5.41, 5.74) is 0. The van der Waals surface area contributed by atoms with Crippen molar-refractivity contribution in [3.63, 3.8) is 0 Å². The Labute approximate surface area is 460 Å². The van der Waals surface area contributed by atoms with Crippen molar-refractivity contribution in [1.82, 2.24) is 0 Å². The molecule has 0 spiro atoms. The number of carbonyl (C=O) groups is 4. The summed E-state index contributed by atoms with van der Waals surface area (Å²) in [5, 5.41) is 0. The summed E-state index contributed by atoms with van der Waals surface area (Å²) < 4.78 is 115. The lowest BCUT2D eigenvalue weighted by Crippen LogP contribution is -2.65. The van der Waals surface area contributed by atoms with E-state index in [-0.39, 0.29) is 12.1 Å². The van der Waals surface area contributed by atoms with Crippen molar-refractivity contribution < 1.29 is 104 Å². The van der Waals surface area contributed by atoms with E-state index in [2.05, 4.69) is 6.92 Å². The molecule has 7 aliphatic rings. The van der Waals surface area contributed by atoms with Crippen LogP contribution in [0.25, 0.3) is 0 Å². The minimum Gasteiger partial charge on any atom is -0.469 e. The van der Waals surface area contributed by atoms with E-state index in [1.165, 1.54) is 27.9 Å². The van der Waals surface area contributed by atoms with Gasteiger partial charge in [0.2, 0.25) is 0 Å². The standard InChI is InChI=1S/C56H92O22/c1-16-17-23-26-36(27-24-21-19-18-20-22-25-28-37(60)61-15)69-51-47-43(73-54(9,10)76-47)40(30(3)63-51)71-53-49-45(75-56(13,14)78-49)41(32(5)65-53)72-52-48-44(74-55(11,12)77-48)39(31(4)64-52)70-50-46(68-35(8)59)42(67-34(7)58)38(29(2)62-50)66-33(6)57/h29-32,36,38-53H,16-28H2,1-15H3/t29-,30-,31-,32-,36-,38-,39-,40-,41-,42+,43+,44+,45+,46+,47+,48+,49+,50-,51-,52-,53-/m0/s1. The highest BCUT2D eigenvalue weighted by atomic mass is 16.8. The van der Waals surface area contributed by atoms with Crippen LogP contribution in [-0.4, -0.2) is 177 Å². The van der Waals surface area contributed by atoms with Gasteiger partial charge in [0.25, 0.3) is 0 Å². The van der Waals surface area contributed by atoms with Crippen LogP contribution < -0.4 is 0 Å². The first-order chi connectivity index (χ1) is 36.8. The third-order valence-corrected chi connectivity index (χ3v) is 15.3. The van der Waals surface area contributed by atoms with E-state index in [0.29, 0.717) is 6.42 Å². The third kappa shape index (κ3) is 16.1. The monoisotopic (exact) mass is 1120 g/mol. The van der Waals surface area contributed by atoms with Crippen molar-refractivity contribution in [2.45, 2.75) is 327 Å². The zero-order valence-electron chi connectivity index (χ0n) is 48.8. The number of esters is 4. The molecule has 22 heteroatoms. The first kappa shape index (κ1) is 62.9. The van der Waals surface area contributed by atoms with Crippen LogP contribution in [0.2, 0.25) is 0 Å². The van der Waals surface area contributed by atoms with Crippen LogP contribution in [0, 0.1) is 0 Å². The van der Waals surface area contributed by atoms with Crippen molar-refractivity contribution in [2.24, 2.45) is 0 Å². The van der Waals surface area contributed by atoms with Crippen LogP contribution in [0.5, 0.6) is 0 Å². The average molecular weight is 1120 g/mol. The Balaban J connectivity index is 1.02. The number of hydrogen-bond donors (Lipinski definition) is 0. The lowest BCUT2D eigenvalue weighted by atomic mass is 9.96. The number of ether oxygens (including phenoxy) is 18. The number of fused-ring (bicyclic) bond motifs is 3. The molecule has 0 aromatic rings. The second kappa shape index (κ2) is 27.1. The van der Waals surface area contributed by atoms with Gasteiger partial charge in [-0.05, 0) is 88.5 Å². The van der Waals surface area contributed by atoms with Crippen LogP contribution in [0.3, 0.4) is 0 Å². The topological polar surface area (TPSA) is 234 Å². The molecule has 7 rings (SSSR count). The molecule has 7 heterocycles. The predicted octanol–water partition coefficient (Wildman–Crippen LogP) is 7.13. The fourth-order valence-corrected chi connectivity index (χ4v) is 11.9. The highest BCUT2D eigenvalue weighted by molar-refractivity contribution is 5.69. The molecule has 0 aromatic heterocycles. The van der Waals surface area contributed by atoms with E-state index >= 15 is 0 Å². The first-order valence-electron chi connectivity index (χ1n) is 28.7. The van der Waals surface area contributed by atoms with Gasteiger partial charge in [-0.1, -0.05) is 64.7 Å². The molecular weight excluding hydrogens is 1020 g/mol. The van der Waals surface area contributed by atoms with Gasteiger partial charge in [-0.15, -0.1) is 0 Å². The molecule has 21 atom stereocenters. The van der Waals surface area contributed by atoms with Gasteiger partial charge in [-0.2, -0.15) is 0 Å². The second-order valence-corrected chi connectivity index (χ2v) is 23.4. The molecule has 7 aliphatic heterocycles. The SMILES string of the molecule is CCCCC[C@@H](CCCCCCCCCC(=O)OC)O[C@@H]1O[C@@H](C)[C@H](O[C@@H]2O[C@@H](C)[C@H](O[C@@H]3O[C@@H](C)[C@H](O[C@@H]4O[C@@H](C)[C@H](OC(C)=O)[C@@H](OC(C)=O)[C@H]4OC(C)=O)[C@H]4OC(C)(C)O[C@@H]34)[C@H]3OC(C)(C)O[C@@H]23)[C@H]2OC(C)(C)O[C@@H]12. The minimum atomic E-state index is -1.35. The zero-order valence-corrected chi connectivity index (χ0v) is 48.8. The van der Waals surface area contributed by atoms with Gasteiger partial charge < -0.3 is 85.3 Å². The summed E-state index contributed by atoms with van der Waals surface area (Å²) >= 11 is 0. The molecule has 7 fully saturated rings. The molecule has 0 saturated carbocycles. The molecule has 0 N–H and O–H groups in total. The Hall–Kier alpha value is -2.68. The van der Waals surface area contributed by atoms with E-state index in [9.17, 15) is 19.2 Å². The molecule has 78 heavy (non-hydrogen) atoms. The van der Waals surface area contributed by atoms with Crippen molar-refractivity contribution in [1.29, 1.82) is 0 Å². The maximum absolute atomic E-state index is 12.5. The third-order valence-electron chi connectivity index (χ3n) is 15.3. The van der Waals surface area contributed by atoms with E-state index in [1.807, 2.05) is 41.5 Å².